The number of amides is 1. The molecule has 0 saturated heterocycles. The second-order valence-corrected chi connectivity index (χ2v) is 6.28. The van der Waals surface area contributed by atoms with Crippen LogP contribution in [0.5, 0.6) is 0 Å². The van der Waals surface area contributed by atoms with Crippen molar-refractivity contribution in [2.24, 2.45) is 11.7 Å². The van der Waals surface area contributed by atoms with Crippen LogP contribution in [0.25, 0.3) is 0 Å². The van der Waals surface area contributed by atoms with Crippen LogP contribution in [-0.2, 0) is 11.2 Å². The number of aryl methyl sites for hydroxylation is 1. The first kappa shape index (κ1) is 13.6. The number of hydrogen-bond donors (Lipinski definition) is 2. The molecule has 3 nitrogen and oxygen atoms in total. The van der Waals surface area contributed by atoms with Gasteiger partial charge in [0, 0.05) is 12.0 Å². The Morgan fingerprint density at radius 3 is 2.85 bits per heavy atom. The summed E-state index contributed by atoms with van der Waals surface area (Å²) in [4.78, 5) is 12.5. The lowest BCUT2D eigenvalue weighted by molar-refractivity contribution is -0.127. The molecule has 3 N–H and O–H groups in total. The lowest BCUT2D eigenvalue weighted by Gasteiger charge is -2.30. The molecule has 3 unspecified atom stereocenters. The molecule has 1 aromatic carbocycles. The van der Waals surface area contributed by atoms with E-state index in [1.807, 2.05) is 0 Å². The minimum Gasteiger partial charge on any atom is -0.349 e. The van der Waals surface area contributed by atoms with Crippen molar-refractivity contribution in [3.8, 4) is 0 Å². The summed E-state index contributed by atoms with van der Waals surface area (Å²) in [7, 11) is 0. The quantitative estimate of drug-likeness (QED) is 0.869. The predicted molar refractivity (Wildman–Crippen MR) is 80.2 cm³/mol. The molecule has 3 atom stereocenters. The largest absolute Gasteiger partial charge is 0.349 e. The topological polar surface area (TPSA) is 55.1 Å². The maximum atomic E-state index is 12.5. The van der Waals surface area contributed by atoms with Gasteiger partial charge in [0.25, 0.3) is 0 Å². The molecule has 108 valence electrons. The van der Waals surface area contributed by atoms with Gasteiger partial charge in [-0.15, -0.1) is 0 Å². The number of benzene rings is 1. The summed E-state index contributed by atoms with van der Waals surface area (Å²) in [6.45, 7) is 0. The van der Waals surface area contributed by atoms with Crippen molar-refractivity contribution in [2.75, 3.05) is 0 Å². The summed E-state index contributed by atoms with van der Waals surface area (Å²) in [6.07, 6.45) is 7.34. The predicted octanol–water partition coefficient (Wildman–Crippen LogP) is 2.70. The second-order valence-electron chi connectivity index (χ2n) is 6.28. The molecule has 3 rings (SSSR count). The van der Waals surface area contributed by atoms with Crippen molar-refractivity contribution in [2.45, 2.75) is 57.0 Å². The number of carbonyl (C=O) groups excluding carboxylic acids is 1. The Kier molecular flexibility index (Phi) is 4.06. The number of rotatable bonds is 2. The molecule has 0 aromatic heterocycles. The normalized spacial score (nSPS) is 29.6. The average molecular weight is 272 g/mol. The number of hydrogen-bond acceptors (Lipinski definition) is 2. The number of fused-ring (bicyclic) bond motifs is 1. The fraction of sp³-hybridized carbons (Fsp3) is 0.588. The molecule has 0 radical (unpaired) electrons. The van der Waals surface area contributed by atoms with Crippen LogP contribution in [0, 0.1) is 5.92 Å². The third-order valence-electron chi connectivity index (χ3n) is 4.77. The van der Waals surface area contributed by atoms with E-state index >= 15 is 0 Å². The molecule has 0 bridgehead atoms. The summed E-state index contributed by atoms with van der Waals surface area (Å²) in [5.74, 6) is 0.328. The molecule has 1 saturated carbocycles. The van der Waals surface area contributed by atoms with Crippen molar-refractivity contribution >= 4 is 5.91 Å². The zero-order valence-electron chi connectivity index (χ0n) is 12.0. The van der Waals surface area contributed by atoms with Crippen LogP contribution in [0.2, 0.25) is 0 Å². The van der Waals surface area contributed by atoms with E-state index in [1.54, 1.807) is 0 Å². The van der Waals surface area contributed by atoms with E-state index in [0.717, 1.165) is 44.9 Å². The van der Waals surface area contributed by atoms with Crippen LogP contribution in [0.4, 0.5) is 0 Å². The van der Waals surface area contributed by atoms with Gasteiger partial charge in [-0.1, -0.05) is 30.7 Å². The van der Waals surface area contributed by atoms with Crippen LogP contribution in [0.15, 0.2) is 24.3 Å². The molecule has 1 fully saturated rings. The number of nitrogens with two attached hydrogens (primary N) is 1. The maximum Gasteiger partial charge on any atom is 0.223 e. The summed E-state index contributed by atoms with van der Waals surface area (Å²) >= 11 is 0. The molecule has 1 amide bonds. The zero-order valence-corrected chi connectivity index (χ0v) is 12.0. The van der Waals surface area contributed by atoms with Gasteiger partial charge < -0.3 is 11.1 Å². The van der Waals surface area contributed by atoms with Crippen LogP contribution < -0.4 is 11.1 Å². The van der Waals surface area contributed by atoms with E-state index in [0.29, 0.717) is 0 Å². The van der Waals surface area contributed by atoms with E-state index in [4.69, 9.17) is 5.73 Å². The Bertz CT molecular complexity index is 486. The Hall–Kier alpha value is -1.35. The van der Waals surface area contributed by atoms with E-state index in [-0.39, 0.29) is 23.9 Å². The monoisotopic (exact) mass is 272 g/mol. The molecule has 1 aromatic rings. The summed E-state index contributed by atoms with van der Waals surface area (Å²) in [5, 5.41) is 3.27. The number of carbonyl (C=O) groups is 1. The first-order valence-corrected chi connectivity index (χ1v) is 7.88. The lowest BCUT2D eigenvalue weighted by atomic mass is 9.84. The smallest absolute Gasteiger partial charge is 0.223 e. The third-order valence-corrected chi connectivity index (χ3v) is 4.77. The minimum absolute atomic E-state index is 0.118. The second kappa shape index (κ2) is 5.96. The summed E-state index contributed by atoms with van der Waals surface area (Å²) in [6, 6.07) is 8.91. The molecular formula is C17H24N2O. The zero-order chi connectivity index (χ0) is 13.9. The van der Waals surface area contributed by atoms with Gasteiger partial charge >= 0.3 is 0 Å². The van der Waals surface area contributed by atoms with Crippen molar-refractivity contribution < 1.29 is 4.79 Å². The van der Waals surface area contributed by atoms with Crippen LogP contribution in [0.1, 0.15) is 55.7 Å². The van der Waals surface area contributed by atoms with Crippen LogP contribution in [0.3, 0.4) is 0 Å². The average Bonchev–Trinajstić information content (AvgIpc) is 2.47. The maximum absolute atomic E-state index is 12.5. The van der Waals surface area contributed by atoms with Crippen molar-refractivity contribution in [3.05, 3.63) is 35.4 Å². The lowest BCUT2D eigenvalue weighted by Crippen LogP contribution is -2.40. The highest BCUT2D eigenvalue weighted by atomic mass is 16.1. The molecule has 0 aliphatic heterocycles. The fourth-order valence-corrected chi connectivity index (χ4v) is 3.66. The number of nitrogens with one attached hydrogen (secondary N) is 1. The van der Waals surface area contributed by atoms with Gasteiger partial charge in [0.1, 0.15) is 0 Å². The van der Waals surface area contributed by atoms with E-state index in [2.05, 4.69) is 29.6 Å². The highest BCUT2D eigenvalue weighted by Crippen LogP contribution is 2.31. The first-order valence-electron chi connectivity index (χ1n) is 7.88. The Labute approximate surface area is 120 Å². The molecule has 3 heteroatoms. The van der Waals surface area contributed by atoms with Gasteiger partial charge in [0.05, 0.1) is 6.04 Å². The highest BCUT2D eigenvalue weighted by Gasteiger charge is 2.28. The third kappa shape index (κ3) is 2.88. The molecule has 2 aliphatic rings. The molecule has 20 heavy (non-hydrogen) atoms. The van der Waals surface area contributed by atoms with Crippen LogP contribution >= 0.6 is 0 Å². The standard InChI is InChI=1S/C17H24N2O/c18-14-8-3-7-13(11-14)17(20)19-16-10-4-6-12-5-1-2-9-15(12)16/h1-2,5,9,13-14,16H,3-4,6-8,10-11,18H2,(H,19,20). The SMILES string of the molecule is NC1CCCC(C(=O)NC2CCCc3ccccc32)C1. The van der Waals surface area contributed by atoms with Crippen molar-refractivity contribution in [1.82, 2.24) is 5.32 Å². The molecular weight excluding hydrogens is 248 g/mol. The fourth-order valence-electron chi connectivity index (χ4n) is 3.66. The van der Waals surface area contributed by atoms with Crippen LogP contribution in [-0.4, -0.2) is 11.9 Å². The van der Waals surface area contributed by atoms with Crippen molar-refractivity contribution in [3.63, 3.8) is 0 Å². The Balaban J connectivity index is 1.68. The minimum atomic E-state index is 0.118. The molecule has 2 aliphatic carbocycles. The van der Waals surface area contributed by atoms with Crippen molar-refractivity contribution in [1.29, 1.82) is 0 Å². The van der Waals surface area contributed by atoms with E-state index in [1.165, 1.54) is 11.1 Å². The molecule has 0 spiro atoms. The van der Waals surface area contributed by atoms with E-state index < -0.39 is 0 Å². The Morgan fingerprint density at radius 2 is 2.00 bits per heavy atom. The summed E-state index contributed by atoms with van der Waals surface area (Å²) < 4.78 is 0. The van der Waals surface area contributed by atoms with Gasteiger partial charge in [0.2, 0.25) is 5.91 Å². The van der Waals surface area contributed by atoms with Gasteiger partial charge in [-0.3, -0.25) is 4.79 Å². The molecule has 0 heterocycles. The highest BCUT2D eigenvalue weighted by molar-refractivity contribution is 5.79. The first-order chi connectivity index (χ1) is 9.74. The Morgan fingerprint density at radius 1 is 1.15 bits per heavy atom. The van der Waals surface area contributed by atoms with Gasteiger partial charge in [0.15, 0.2) is 0 Å². The van der Waals surface area contributed by atoms with E-state index in [9.17, 15) is 4.79 Å². The summed E-state index contributed by atoms with van der Waals surface area (Å²) in [5.41, 5.74) is 8.70. The van der Waals surface area contributed by atoms with Gasteiger partial charge in [-0.2, -0.15) is 0 Å². The van der Waals surface area contributed by atoms with Gasteiger partial charge in [-0.25, -0.2) is 0 Å². The van der Waals surface area contributed by atoms with Gasteiger partial charge in [-0.05, 0) is 49.7 Å².